The van der Waals surface area contributed by atoms with Crippen LogP contribution in [0.25, 0.3) is 0 Å². The second-order valence-electron chi connectivity index (χ2n) is 12.6. The predicted octanol–water partition coefficient (Wildman–Crippen LogP) is 7.07. The predicted molar refractivity (Wildman–Crippen MR) is 194 cm³/mol. The minimum Gasteiger partial charge on any atom is -0.493 e. The topological polar surface area (TPSA) is 105 Å². The number of benzene rings is 4. The third-order valence-corrected chi connectivity index (χ3v) is 10.2. The van der Waals surface area contributed by atoms with Gasteiger partial charge in [-0.3, -0.25) is 13.9 Å². The molecule has 0 fully saturated rings. The molecule has 0 aromatic heterocycles. The molecule has 0 aliphatic heterocycles. The van der Waals surface area contributed by atoms with Gasteiger partial charge in [-0.25, -0.2) is 8.42 Å². The van der Waals surface area contributed by atoms with E-state index in [1.165, 1.54) is 37.3 Å². The Kier molecular flexibility index (Phi) is 12.2. The molecule has 0 aliphatic rings. The Morgan fingerprint density at radius 3 is 2.06 bits per heavy atom. The van der Waals surface area contributed by atoms with Crippen molar-refractivity contribution in [3.05, 3.63) is 118 Å². The molecule has 260 valence electrons. The van der Waals surface area contributed by atoms with E-state index in [1.54, 1.807) is 42.5 Å². The van der Waals surface area contributed by atoms with Crippen LogP contribution in [0.2, 0.25) is 10.0 Å². The zero-order valence-electron chi connectivity index (χ0n) is 28.4. The summed E-state index contributed by atoms with van der Waals surface area (Å²) >= 11 is 12.6. The summed E-state index contributed by atoms with van der Waals surface area (Å²) < 4.78 is 40.6. The third-order valence-electron chi connectivity index (χ3n) is 7.65. The van der Waals surface area contributed by atoms with Crippen molar-refractivity contribution in [3.8, 4) is 11.5 Å². The summed E-state index contributed by atoms with van der Waals surface area (Å²) in [6, 6.07) is 24.3. The number of carbonyl (C=O) groups excluding carboxylic acids is 2. The van der Waals surface area contributed by atoms with Crippen molar-refractivity contribution in [2.75, 3.05) is 25.1 Å². The van der Waals surface area contributed by atoms with E-state index in [0.717, 1.165) is 15.4 Å². The van der Waals surface area contributed by atoms with Crippen LogP contribution in [0.15, 0.2) is 95.9 Å². The normalized spacial score (nSPS) is 12.2. The van der Waals surface area contributed by atoms with E-state index in [0.29, 0.717) is 16.3 Å². The van der Waals surface area contributed by atoms with Crippen LogP contribution in [0.5, 0.6) is 11.5 Å². The molecule has 2 amide bonds. The van der Waals surface area contributed by atoms with Crippen LogP contribution in [0, 0.1) is 6.92 Å². The van der Waals surface area contributed by atoms with E-state index >= 15 is 0 Å². The van der Waals surface area contributed by atoms with Gasteiger partial charge in [-0.05, 0) is 75.2 Å². The van der Waals surface area contributed by atoms with Gasteiger partial charge < -0.3 is 19.7 Å². The van der Waals surface area contributed by atoms with Crippen LogP contribution in [0.4, 0.5) is 5.69 Å². The third kappa shape index (κ3) is 9.68. The highest BCUT2D eigenvalue weighted by molar-refractivity contribution is 7.92. The number of rotatable bonds is 13. The molecule has 12 heteroatoms. The van der Waals surface area contributed by atoms with Gasteiger partial charge >= 0.3 is 0 Å². The maximum absolute atomic E-state index is 14.7. The number of hydrogen-bond donors (Lipinski definition) is 1. The Hall–Kier alpha value is -4.25. The summed E-state index contributed by atoms with van der Waals surface area (Å²) in [4.78, 5) is 30.0. The standard InChI is InChI=1S/C37H41Cl2N3O6S/c1-25-12-15-28(16-13-25)42(49(45,46)29-17-19-33(47-5)34(22-29)48-6)24-35(43)41(23-27-14-18-30(38)31(39)20-27)32(36(44)40-37(2,3)4)21-26-10-8-7-9-11-26/h7-20,22,32H,21,23-24H2,1-6H3,(H,40,44)/t32-/m0/s1. The summed E-state index contributed by atoms with van der Waals surface area (Å²) in [6.07, 6.45) is 0.169. The van der Waals surface area contributed by atoms with Gasteiger partial charge in [0.05, 0.1) is 34.8 Å². The molecule has 0 saturated carbocycles. The molecule has 1 N–H and O–H groups in total. The Labute approximate surface area is 298 Å². The van der Waals surface area contributed by atoms with Crippen molar-refractivity contribution in [2.24, 2.45) is 0 Å². The lowest BCUT2D eigenvalue weighted by Gasteiger charge is -2.35. The monoisotopic (exact) mass is 725 g/mol. The Morgan fingerprint density at radius 1 is 0.816 bits per heavy atom. The van der Waals surface area contributed by atoms with Gasteiger partial charge in [0.2, 0.25) is 11.8 Å². The fourth-order valence-electron chi connectivity index (χ4n) is 5.19. The summed E-state index contributed by atoms with van der Waals surface area (Å²) in [6.45, 7) is 6.76. The first kappa shape index (κ1) is 37.6. The fraction of sp³-hybridized carbons (Fsp3) is 0.297. The van der Waals surface area contributed by atoms with E-state index < -0.39 is 40.0 Å². The van der Waals surface area contributed by atoms with Crippen molar-refractivity contribution < 1.29 is 27.5 Å². The molecule has 1 atom stereocenters. The lowest BCUT2D eigenvalue weighted by Crippen LogP contribution is -2.56. The molecular weight excluding hydrogens is 685 g/mol. The van der Waals surface area contributed by atoms with Crippen molar-refractivity contribution in [2.45, 2.75) is 57.1 Å². The molecule has 9 nitrogen and oxygen atoms in total. The van der Waals surface area contributed by atoms with E-state index in [9.17, 15) is 18.0 Å². The van der Waals surface area contributed by atoms with Gasteiger partial charge in [-0.1, -0.05) is 77.3 Å². The number of nitrogens with zero attached hydrogens (tertiary/aromatic N) is 2. The van der Waals surface area contributed by atoms with E-state index in [2.05, 4.69) is 5.32 Å². The number of anilines is 1. The summed E-state index contributed by atoms with van der Waals surface area (Å²) in [5.41, 5.74) is 1.98. The highest BCUT2D eigenvalue weighted by Crippen LogP contribution is 2.33. The number of hydrogen-bond acceptors (Lipinski definition) is 6. The molecule has 0 unspecified atom stereocenters. The van der Waals surface area contributed by atoms with Crippen LogP contribution in [-0.4, -0.2) is 57.5 Å². The number of aryl methyl sites for hydroxylation is 1. The fourth-order valence-corrected chi connectivity index (χ4v) is 6.94. The quantitative estimate of drug-likeness (QED) is 0.158. The van der Waals surface area contributed by atoms with Gasteiger partial charge in [-0.15, -0.1) is 0 Å². The zero-order chi connectivity index (χ0) is 35.9. The smallest absolute Gasteiger partial charge is 0.264 e. The summed E-state index contributed by atoms with van der Waals surface area (Å²) in [7, 11) is -1.50. The molecule has 0 heterocycles. The highest BCUT2D eigenvalue weighted by Gasteiger charge is 2.36. The number of nitrogens with one attached hydrogen (secondary N) is 1. The molecular formula is C37H41Cl2N3O6S. The first-order valence-corrected chi connectivity index (χ1v) is 17.7. The number of ether oxygens (including phenoxy) is 2. The highest BCUT2D eigenvalue weighted by atomic mass is 35.5. The SMILES string of the molecule is COc1ccc(S(=O)(=O)N(CC(=O)N(Cc2ccc(Cl)c(Cl)c2)[C@@H](Cc2ccccc2)C(=O)NC(C)(C)C)c2ccc(C)cc2)cc1OC. The first-order chi connectivity index (χ1) is 23.1. The molecule has 0 bridgehead atoms. The van der Waals surface area contributed by atoms with Gasteiger partial charge in [0, 0.05) is 24.6 Å². The molecule has 4 aromatic carbocycles. The molecule has 49 heavy (non-hydrogen) atoms. The van der Waals surface area contributed by atoms with Crippen molar-refractivity contribution in [3.63, 3.8) is 0 Å². The Bertz CT molecular complexity index is 1880. The van der Waals surface area contributed by atoms with Crippen LogP contribution >= 0.6 is 23.2 Å². The number of carbonyl (C=O) groups is 2. The lowest BCUT2D eigenvalue weighted by molar-refractivity contribution is -0.140. The molecule has 4 rings (SSSR count). The van der Waals surface area contributed by atoms with E-state index in [1.807, 2.05) is 58.0 Å². The number of sulfonamides is 1. The van der Waals surface area contributed by atoms with Gasteiger partial charge in [0.1, 0.15) is 12.6 Å². The lowest BCUT2D eigenvalue weighted by atomic mass is 10.0. The minimum atomic E-state index is -4.36. The second-order valence-corrected chi connectivity index (χ2v) is 15.3. The van der Waals surface area contributed by atoms with Gasteiger partial charge in [0.15, 0.2) is 11.5 Å². The number of amides is 2. The van der Waals surface area contributed by atoms with Crippen LogP contribution in [0.3, 0.4) is 0 Å². The van der Waals surface area contributed by atoms with Crippen molar-refractivity contribution >= 4 is 50.7 Å². The minimum absolute atomic E-state index is 0.0526. The molecule has 0 aliphatic carbocycles. The van der Waals surface area contributed by atoms with E-state index in [-0.39, 0.29) is 34.3 Å². The second kappa shape index (κ2) is 16.0. The zero-order valence-corrected chi connectivity index (χ0v) is 30.7. The number of methoxy groups -OCH3 is 2. The molecule has 0 saturated heterocycles. The Morgan fingerprint density at radius 2 is 1.47 bits per heavy atom. The van der Waals surface area contributed by atoms with Gasteiger partial charge in [0.25, 0.3) is 10.0 Å². The maximum atomic E-state index is 14.7. The van der Waals surface area contributed by atoms with Gasteiger partial charge in [-0.2, -0.15) is 0 Å². The molecule has 0 spiro atoms. The largest absolute Gasteiger partial charge is 0.493 e. The van der Waals surface area contributed by atoms with Crippen molar-refractivity contribution in [1.82, 2.24) is 10.2 Å². The average Bonchev–Trinajstić information content (AvgIpc) is 3.06. The first-order valence-electron chi connectivity index (χ1n) is 15.5. The Balaban J connectivity index is 1.85. The maximum Gasteiger partial charge on any atom is 0.264 e. The summed E-state index contributed by atoms with van der Waals surface area (Å²) in [5, 5.41) is 3.63. The average molecular weight is 727 g/mol. The van der Waals surface area contributed by atoms with Crippen LogP contribution in [0.1, 0.15) is 37.5 Å². The molecule has 4 aromatic rings. The van der Waals surface area contributed by atoms with Crippen LogP contribution < -0.4 is 19.1 Å². The van der Waals surface area contributed by atoms with Crippen molar-refractivity contribution in [1.29, 1.82) is 0 Å². The molecule has 0 radical (unpaired) electrons. The van der Waals surface area contributed by atoms with Crippen LogP contribution in [-0.2, 0) is 32.6 Å². The van der Waals surface area contributed by atoms with E-state index in [4.69, 9.17) is 32.7 Å². The number of halogens is 2. The summed E-state index contributed by atoms with van der Waals surface area (Å²) in [5.74, 6) is -0.447.